The standard InChI is InChI=1S/C16H22N2O2/c1-19-13-5-2-11(3-6-13)9-16-18-14-7-4-12(10-17)8-15(14)20-16/h2-3,5-6,12,14-15H,4,7-10,17H2,1H3. The highest BCUT2D eigenvalue weighted by atomic mass is 16.5. The van der Waals surface area contributed by atoms with Gasteiger partial charge < -0.3 is 15.2 Å². The molecule has 1 saturated carbocycles. The zero-order valence-corrected chi connectivity index (χ0v) is 11.9. The highest BCUT2D eigenvalue weighted by Crippen LogP contribution is 2.32. The molecule has 108 valence electrons. The maximum Gasteiger partial charge on any atom is 0.188 e. The number of hydrogen-bond donors (Lipinski definition) is 1. The second-order valence-corrected chi connectivity index (χ2v) is 5.69. The topological polar surface area (TPSA) is 56.8 Å². The van der Waals surface area contributed by atoms with Crippen molar-refractivity contribution in [2.24, 2.45) is 16.6 Å². The minimum absolute atomic E-state index is 0.255. The summed E-state index contributed by atoms with van der Waals surface area (Å²) in [5.74, 6) is 2.36. The Morgan fingerprint density at radius 1 is 1.30 bits per heavy atom. The largest absolute Gasteiger partial charge is 0.497 e. The molecule has 0 saturated heterocycles. The quantitative estimate of drug-likeness (QED) is 0.915. The molecule has 4 nitrogen and oxygen atoms in total. The van der Waals surface area contributed by atoms with Crippen LogP contribution in [-0.2, 0) is 11.2 Å². The fraction of sp³-hybridized carbons (Fsp3) is 0.562. The van der Waals surface area contributed by atoms with Gasteiger partial charge >= 0.3 is 0 Å². The molecule has 0 spiro atoms. The molecule has 3 atom stereocenters. The first-order valence-electron chi connectivity index (χ1n) is 7.35. The van der Waals surface area contributed by atoms with Crippen LogP contribution in [0.3, 0.4) is 0 Å². The third kappa shape index (κ3) is 2.80. The Labute approximate surface area is 120 Å². The molecule has 1 fully saturated rings. The number of rotatable bonds is 4. The summed E-state index contributed by atoms with van der Waals surface area (Å²) < 4.78 is 11.2. The summed E-state index contributed by atoms with van der Waals surface area (Å²) in [6.45, 7) is 0.764. The minimum atomic E-state index is 0.255. The smallest absolute Gasteiger partial charge is 0.188 e. The van der Waals surface area contributed by atoms with Crippen LogP contribution >= 0.6 is 0 Å². The van der Waals surface area contributed by atoms with E-state index in [1.54, 1.807) is 7.11 Å². The van der Waals surface area contributed by atoms with E-state index in [-0.39, 0.29) is 6.10 Å². The Morgan fingerprint density at radius 3 is 2.80 bits per heavy atom. The first kappa shape index (κ1) is 13.4. The van der Waals surface area contributed by atoms with Gasteiger partial charge in [0.2, 0.25) is 0 Å². The van der Waals surface area contributed by atoms with Crippen molar-refractivity contribution in [3.63, 3.8) is 0 Å². The summed E-state index contributed by atoms with van der Waals surface area (Å²) in [5, 5.41) is 0. The number of fused-ring (bicyclic) bond motifs is 1. The van der Waals surface area contributed by atoms with Crippen molar-refractivity contribution in [2.45, 2.75) is 37.8 Å². The van der Waals surface area contributed by atoms with Crippen molar-refractivity contribution in [3.8, 4) is 5.75 Å². The van der Waals surface area contributed by atoms with Gasteiger partial charge in [0, 0.05) is 6.42 Å². The van der Waals surface area contributed by atoms with Gasteiger partial charge in [-0.1, -0.05) is 12.1 Å². The van der Waals surface area contributed by atoms with E-state index in [1.807, 2.05) is 12.1 Å². The summed E-state index contributed by atoms with van der Waals surface area (Å²) in [4.78, 5) is 4.74. The summed E-state index contributed by atoms with van der Waals surface area (Å²) in [6, 6.07) is 8.43. The second-order valence-electron chi connectivity index (χ2n) is 5.69. The van der Waals surface area contributed by atoms with E-state index in [1.165, 1.54) is 12.0 Å². The highest BCUT2D eigenvalue weighted by Gasteiger charge is 2.36. The highest BCUT2D eigenvalue weighted by molar-refractivity contribution is 5.80. The zero-order chi connectivity index (χ0) is 13.9. The normalized spacial score (nSPS) is 28.5. The zero-order valence-electron chi connectivity index (χ0n) is 11.9. The van der Waals surface area contributed by atoms with E-state index >= 15 is 0 Å². The Kier molecular flexibility index (Phi) is 3.92. The molecule has 0 bridgehead atoms. The first-order valence-corrected chi connectivity index (χ1v) is 7.35. The fourth-order valence-corrected chi connectivity index (χ4v) is 3.08. The molecule has 0 aromatic heterocycles. The molecule has 1 aliphatic heterocycles. The van der Waals surface area contributed by atoms with Crippen LogP contribution in [0.25, 0.3) is 0 Å². The lowest BCUT2D eigenvalue weighted by Gasteiger charge is -2.28. The van der Waals surface area contributed by atoms with Crippen LogP contribution in [0.4, 0.5) is 0 Å². The number of benzene rings is 1. The summed E-state index contributed by atoms with van der Waals surface area (Å²) in [7, 11) is 1.68. The summed E-state index contributed by atoms with van der Waals surface area (Å²) in [6.07, 6.45) is 4.37. The predicted octanol–water partition coefficient (Wildman–Crippen LogP) is 2.16. The van der Waals surface area contributed by atoms with E-state index in [9.17, 15) is 0 Å². The third-order valence-corrected chi connectivity index (χ3v) is 4.31. The van der Waals surface area contributed by atoms with Crippen LogP contribution in [0.1, 0.15) is 24.8 Å². The Morgan fingerprint density at radius 2 is 2.10 bits per heavy atom. The lowest BCUT2D eigenvalue weighted by molar-refractivity contribution is 0.121. The van der Waals surface area contributed by atoms with Gasteiger partial charge in [-0.3, -0.25) is 0 Å². The first-order chi connectivity index (χ1) is 9.78. The number of hydrogen-bond acceptors (Lipinski definition) is 4. The monoisotopic (exact) mass is 274 g/mol. The maximum absolute atomic E-state index is 6.02. The predicted molar refractivity (Wildman–Crippen MR) is 79.2 cm³/mol. The van der Waals surface area contributed by atoms with Crippen molar-refractivity contribution >= 4 is 5.90 Å². The van der Waals surface area contributed by atoms with Crippen LogP contribution in [0.2, 0.25) is 0 Å². The van der Waals surface area contributed by atoms with Gasteiger partial charge in [-0.05, 0) is 49.4 Å². The number of methoxy groups -OCH3 is 1. The van der Waals surface area contributed by atoms with Gasteiger partial charge in [0.05, 0.1) is 13.2 Å². The number of ether oxygens (including phenoxy) is 2. The molecule has 1 aromatic carbocycles. The number of nitrogens with zero attached hydrogens (tertiary/aromatic N) is 1. The number of aliphatic imine (C=N–C) groups is 1. The van der Waals surface area contributed by atoms with Crippen molar-refractivity contribution in [1.82, 2.24) is 0 Å². The van der Waals surface area contributed by atoms with Gasteiger partial charge in [-0.2, -0.15) is 0 Å². The van der Waals surface area contributed by atoms with Crippen molar-refractivity contribution in [3.05, 3.63) is 29.8 Å². The second kappa shape index (κ2) is 5.83. The minimum Gasteiger partial charge on any atom is -0.497 e. The Balaban J connectivity index is 1.61. The molecule has 2 N–H and O–H groups in total. The van der Waals surface area contributed by atoms with E-state index in [4.69, 9.17) is 20.2 Å². The fourth-order valence-electron chi connectivity index (χ4n) is 3.08. The van der Waals surface area contributed by atoms with Gasteiger partial charge in [-0.15, -0.1) is 0 Å². The van der Waals surface area contributed by atoms with Crippen molar-refractivity contribution in [1.29, 1.82) is 0 Å². The molecule has 1 aliphatic carbocycles. The van der Waals surface area contributed by atoms with Crippen LogP contribution in [-0.4, -0.2) is 31.7 Å². The molecule has 0 radical (unpaired) electrons. The van der Waals surface area contributed by atoms with Gasteiger partial charge in [0.15, 0.2) is 5.90 Å². The van der Waals surface area contributed by atoms with Crippen LogP contribution < -0.4 is 10.5 Å². The Hall–Kier alpha value is -1.55. The number of nitrogens with two attached hydrogens (primary N) is 1. The summed E-state index contributed by atoms with van der Waals surface area (Å²) in [5.41, 5.74) is 6.97. The van der Waals surface area contributed by atoms with Gasteiger partial charge in [0.1, 0.15) is 11.9 Å². The van der Waals surface area contributed by atoms with Gasteiger partial charge in [0.25, 0.3) is 0 Å². The molecule has 1 heterocycles. The average molecular weight is 274 g/mol. The SMILES string of the molecule is COc1ccc(CC2=NC3CCC(CN)CC3O2)cc1. The maximum atomic E-state index is 6.02. The molecule has 20 heavy (non-hydrogen) atoms. The molecular formula is C16H22N2O2. The van der Waals surface area contributed by atoms with Crippen LogP contribution in [0, 0.1) is 5.92 Å². The molecule has 3 unspecified atom stereocenters. The Bertz CT molecular complexity index is 484. The van der Waals surface area contributed by atoms with Crippen LogP contribution in [0.5, 0.6) is 5.75 Å². The third-order valence-electron chi connectivity index (χ3n) is 4.31. The van der Waals surface area contributed by atoms with Crippen molar-refractivity contribution in [2.75, 3.05) is 13.7 Å². The van der Waals surface area contributed by atoms with Gasteiger partial charge in [-0.25, -0.2) is 4.99 Å². The molecule has 4 heteroatoms. The lowest BCUT2D eigenvalue weighted by Crippen LogP contribution is -2.34. The van der Waals surface area contributed by atoms with Crippen molar-refractivity contribution < 1.29 is 9.47 Å². The summed E-state index contributed by atoms with van der Waals surface area (Å²) >= 11 is 0. The molecule has 3 rings (SSSR count). The van der Waals surface area contributed by atoms with E-state index in [0.29, 0.717) is 12.0 Å². The van der Waals surface area contributed by atoms with E-state index < -0.39 is 0 Å². The average Bonchev–Trinajstić information content (AvgIpc) is 2.89. The molecule has 2 aliphatic rings. The molecular weight excluding hydrogens is 252 g/mol. The lowest BCUT2D eigenvalue weighted by atomic mass is 9.84. The van der Waals surface area contributed by atoms with Crippen LogP contribution in [0.15, 0.2) is 29.3 Å². The van der Waals surface area contributed by atoms with E-state index in [0.717, 1.165) is 37.5 Å². The molecule has 0 amide bonds. The van der Waals surface area contributed by atoms with E-state index in [2.05, 4.69) is 12.1 Å². The molecule has 1 aromatic rings.